The van der Waals surface area contributed by atoms with Crippen LogP contribution in [0.15, 0.2) is 89.3 Å². The summed E-state index contributed by atoms with van der Waals surface area (Å²) in [6.45, 7) is 6.59. The van der Waals surface area contributed by atoms with Crippen LogP contribution in [0.25, 0.3) is 11.5 Å². The summed E-state index contributed by atoms with van der Waals surface area (Å²) in [7, 11) is 0. The molecule has 40 heavy (non-hydrogen) atoms. The predicted molar refractivity (Wildman–Crippen MR) is 145 cm³/mol. The van der Waals surface area contributed by atoms with E-state index in [0.717, 1.165) is 17.8 Å². The van der Waals surface area contributed by atoms with Crippen LogP contribution in [-0.2, 0) is 19.3 Å². The molecule has 208 valence electrons. The fourth-order valence-corrected chi connectivity index (χ4v) is 5.06. The molecule has 2 amide bonds. The summed E-state index contributed by atoms with van der Waals surface area (Å²) in [5, 5.41) is 6.60. The maximum absolute atomic E-state index is 13.9. The molecular weight excluding hydrogens is 519 g/mol. The molecule has 0 N–H and O–H groups in total. The molecule has 5 rings (SSSR count). The lowest BCUT2D eigenvalue weighted by Gasteiger charge is -2.45. The number of piperazine rings is 1. The molecule has 0 radical (unpaired) electrons. The molecule has 10 heteroatoms. The highest BCUT2D eigenvalue weighted by Gasteiger charge is 2.38. The molecular formula is C30H30F3N5O2. The Morgan fingerprint density at radius 2 is 1.48 bits per heavy atom. The van der Waals surface area contributed by atoms with Crippen molar-refractivity contribution in [3.05, 3.63) is 102 Å². The van der Waals surface area contributed by atoms with E-state index < -0.39 is 12.1 Å². The number of carbonyl (C=O) groups is 1. The number of para-hydroxylation sites is 1. The van der Waals surface area contributed by atoms with Crippen molar-refractivity contribution in [3.8, 4) is 11.5 Å². The topological polar surface area (TPSA) is 65.7 Å². The monoisotopic (exact) mass is 549 g/mol. The Balaban J connectivity index is 1.32. The first-order valence-electron chi connectivity index (χ1n) is 13.1. The highest BCUT2D eigenvalue weighted by molar-refractivity contribution is 5.92. The van der Waals surface area contributed by atoms with Crippen LogP contribution in [0, 0.1) is 0 Å². The van der Waals surface area contributed by atoms with E-state index in [9.17, 15) is 18.0 Å². The first-order valence-corrected chi connectivity index (χ1v) is 13.1. The van der Waals surface area contributed by atoms with Gasteiger partial charge in [-0.3, -0.25) is 9.80 Å². The van der Waals surface area contributed by atoms with Gasteiger partial charge in [-0.05, 0) is 49.2 Å². The lowest BCUT2D eigenvalue weighted by Crippen LogP contribution is -2.59. The molecule has 2 atom stereocenters. The zero-order valence-electron chi connectivity index (χ0n) is 22.3. The Hall–Kier alpha value is -4.18. The van der Waals surface area contributed by atoms with Crippen LogP contribution < -0.4 is 4.90 Å². The van der Waals surface area contributed by atoms with Gasteiger partial charge in [-0.25, -0.2) is 4.79 Å². The van der Waals surface area contributed by atoms with Crippen LogP contribution in [0.2, 0.25) is 0 Å². The molecule has 0 unspecified atom stereocenters. The SMILES string of the molecule is C[C@@H]1CN(C(=O)N(Cc2ccc(-c3nnc(C(F)(F)F)o3)cc2)c2ccccc2)C[C@H](C)N1Cc1ccccc1. The normalized spacial score (nSPS) is 18.1. The van der Waals surface area contributed by atoms with Crippen LogP contribution in [-0.4, -0.2) is 51.2 Å². The molecule has 1 aromatic heterocycles. The lowest BCUT2D eigenvalue weighted by atomic mass is 10.1. The van der Waals surface area contributed by atoms with Crippen LogP contribution >= 0.6 is 0 Å². The van der Waals surface area contributed by atoms with E-state index in [4.69, 9.17) is 4.42 Å². The third-order valence-corrected chi connectivity index (χ3v) is 7.09. The zero-order chi connectivity index (χ0) is 28.3. The Labute approximate surface area is 230 Å². The van der Waals surface area contributed by atoms with Gasteiger partial charge in [0.05, 0.1) is 6.54 Å². The maximum atomic E-state index is 13.9. The quantitative estimate of drug-likeness (QED) is 0.276. The molecule has 4 aromatic rings. The Morgan fingerprint density at radius 3 is 2.05 bits per heavy atom. The second kappa shape index (κ2) is 11.5. The van der Waals surface area contributed by atoms with Crippen molar-refractivity contribution in [3.63, 3.8) is 0 Å². The molecule has 1 aliphatic rings. The number of anilines is 1. The molecule has 1 aliphatic heterocycles. The number of alkyl halides is 3. The number of urea groups is 1. The van der Waals surface area contributed by atoms with Gasteiger partial charge >= 0.3 is 18.1 Å². The van der Waals surface area contributed by atoms with E-state index in [2.05, 4.69) is 41.1 Å². The van der Waals surface area contributed by atoms with E-state index in [-0.39, 0.29) is 30.6 Å². The number of halogens is 3. The number of carbonyl (C=O) groups excluding carboxylic acids is 1. The minimum atomic E-state index is -4.70. The van der Waals surface area contributed by atoms with Gasteiger partial charge in [-0.2, -0.15) is 13.2 Å². The smallest absolute Gasteiger partial charge is 0.413 e. The van der Waals surface area contributed by atoms with Crippen molar-refractivity contribution < 1.29 is 22.4 Å². The van der Waals surface area contributed by atoms with Crippen LogP contribution in [0.1, 0.15) is 30.9 Å². The second-order valence-electron chi connectivity index (χ2n) is 10.1. The average molecular weight is 550 g/mol. The fourth-order valence-electron chi connectivity index (χ4n) is 5.06. The molecule has 7 nitrogen and oxygen atoms in total. The Morgan fingerprint density at radius 1 is 0.875 bits per heavy atom. The molecule has 1 fully saturated rings. The van der Waals surface area contributed by atoms with Gasteiger partial charge in [0, 0.05) is 43.0 Å². The number of amides is 2. The standard InChI is InChI=1S/C30H30F3N5O2/c1-21-17-36(18-22(2)37(21)19-23-9-5-3-6-10-23)29(39)38(26-11-7-4-8-12-26)20-24-13-15-25(16-14-24)27-34-35-28(40-27)30(31,32)33/h3-16,21-22H,17-20H2,1-2H3/t21-,22+. The number of rotatable bonds is 6. The van der Waals surface area contributed by atoms with Crippen LogP contribution in [0.5, 0.6) is 0 Å². The van der Waals surface area contributed by atoms with Crippen molar-refractivity contribution in [2.45, 2.75) is 45.2 Å². The van der Waals surface area contributed by atoms with Crippen LogP contribution in [0.4, 0.5) is 23.7 Å². The van der Waals surface area contributed by atoms with E-state index in [0.29, 0.717) is 18.7 Å². The third kappa shape index (κ3) is 6.17. The number of hydrogen-bond donors (Lipinski definition) is 0. The molecule has 2 heterocycles. The number of aromatic nitrogens is 2. The van der Waals surface area contributed by atoms with Crippen molar-refractivity contribution in [1.82, 2.24) is 20.0 Å². The first kappa shape index (κ1) is 27.4. The minimum Gasteiger partial charge on any atom is -0.413 e. The largest absolute Gasteiger partial charge is 0.470 e. The lowest BCUT2D eigenvalue weighted by molar-refractivity contribution is -0.156. The van der Waals surface area contributed by atoms with Gasteiger partial charge in [0.25, 0.3) is 0 Å². The maximum Gasteiger partial charge on any atom is 0.470 e. The van der Waals surface area contributed by atoms with Gasteiger partial charge < -0.3 is 9.32 Å². The molecule has 0 saturated carbocycles. The number of nitrogens with zero attached hydrogens (tertiary/aromatic N) is 5. The molecule has 0 spiro atoms. The second-order valence-corrected chi connectivity index (χ2v) is 10.1. The highest BCUT2D eigenvalue weighted by Crippen LogP contribution is 2.31. The van der Waals surface area contributed by atoms with Crippen LogP contribution in [0.3, 0.4) is 0 Å². The fraction of sp³-hybridized carbons (Fsp3) is 0.300. The first-order chi connectivity index (χ1) is 19.2. The summed E-state index contributed by atoms with van der Waals surface area (Å²) < 4.78 is 43.3. The highest BCUT2D eigenvalue weighted by atomic mass is 19.4. The molecule has 0 aliphatic carbocycles. The van der Waals surface area contributed by atoms with Crippen molar-refractivity contribution in [2.75, 3.05) is 18.0 Å². The predicted octanol–water partition coefficient (Wildman–Crippen LogP) is 6.48. The van der Waals surface area contributed by atoms with E-state index >= 15 is 0 Å². The Bertz CT molecular complexity index is 1400. The van der Waals surface area contributed by atoms with Gasteiger partial charge in [0.1, 0.15) is 0 Å². The summed E-state index contributed by atoms with van der Waals surface area (Å²) in [4.78, 5) is 20.0. The minimum absolute atomic E-state index is 0.0972. The van der Waals surface area contributed by atoms with Gasteiger partial charge in [-0.15, -0.1) is 10.2 Å². The summed E-state index contributed by atoms with van der Waals surface area (Å²) >= 11 is 0. The average Bonchev–Trinajstić information content (AvgIpc) is 3.46. The molecule has 0 bridgehead atoms. The van der Waals surface area contributed by atoms with E-state index in [1.54, 1.807) is 29.2 Å². The molecule has 1 saturated heterocycles. The summed E-state index contributed by atoms with van der Waals surface area (Å²) in [6.07, 6.45) is -4.70. The summed E-state index contributed by atoms with van der Waals surface area (Å²) in [6, 6.07) is 26.7. The summed E-state index contributed by atoms with van der Waals surface area (Å²) in [5.74, 6) is -1.61. The van der Waals surface area contributed by atoms with Crippen molar-refractivity contribution >= 4 is 11.7 Å². The molecule has 3 aromatic carbocycles. The Kier molecular flexibility index (Phi) is 7.88. The number of benzene rings is 3. The van der Waals surface area contributed by atoms with Gasteiger partial charge in [-0.1, -0.05) is 60.7 Å². The zero-order valence-corrected chi connectivity index (χ0v) is 22.3. The van der Waals surface area contributed by atoms with E-state index in [1.165, 1.54) is 5.56 Å². The van der Waals surface area contributed by atoms with E-state index in [1.807, 2.05) is 53.4 Å². The summed E-state index contributed by atoms with van der Waals surface area (Å²) in [5.41, 5.74) is 3.17. The van der Waals surface area contributed by atoms with Gasteiger partial charge in [0.15, 0.2) is 0 Å². The number of hydrogen-bond acceptors (Lipinski definition) is 5. The third-order valence-electron chi connectivity index (χ3n) is 7.09. The van der Waals surface area contributed by atoms with Crippen molar-refractivity contribution in [1.29, 1.82) is 0 Å². The van der Waals surface area contributed by atoms with Crippen molar-refractivity contribution in [2.24, 2.45) is 0 Å². The van der Waals surface area contributed by atoms with Gasteiger partial charge in [0.2, 0.25) is 5.89 Å².